The Labute approximate surface area is 150 Å². The lowest BCUT2D eigenvalue weighted by Gasteiger charge is -2.43. The fraction of sp³-hybridized carbons (Fsp3) is 0.389. The number of nitro groups is 1. The number of anilines is 1. The first-order valence-corrected chi connectivity index (χ1v) is 8.64. The predicted molar refractivity (Wildman–Crippen MR) is 94.5 cm³/mol. The van der Waals surface area contributed by atoms with Crippen molar-refractivity contribution in [2.75, 3.05) is 24.7 Å². The van der Waals surface area contributed by atoms with Crippen molar-refractivity contribution in [3.63, 3.8) is 0 Å². The number of nitrogens with zero attached hydrogens (tertiary/aromatic N) is 3. The molecule has 1 amide bonds. The van der Waals surface area contributed by atoms with Crippen LogP contribution in [0.3, 0.4) is 0 Å². The lowest BCUT2D eigenvalue weighted by Crippen LogP contribution is -2.56. The van der Waals surface area contributed by atoms with Crippen LogP contribution in [0.1, 0.15) is 18.6 Å². The number of carbonyl (C=O) groups excluding carboxylic acids is 1. The number of hydrogen-bond acceptors (Lipinski definition) is 6. The van der Waals surface area contributed by atoms with Crippen molar-refractivity contribution in [2.45, 2.75) is 24.9 Å². The van der Waals surface area contributed by atoms with Crippen LogP contribution in [-0.2, 0) is 11.3 Å². The van der Waals surface area contributed by atoms with Crippen molar-refractivity contribution in [3.05, 3.63) is 58.5 Å². The van der Waals surface area contributed by atoms with Crippen LogP contribution in [0, 0.1) is 10.1 Å². The second-order valence-corrected chi connectivity index (χ2v) is 6.72. The highest BCUT2D eigenvalue weighted by Crippen LogP contribution is 2.36. The summed E-state index contributed by atoms with van der Waals surface area (Å²) in [5.74, 6) is 0.423. The van der Waals surface area contributed by atoms with Gasteiger partial charge < -0.3 is 14.6 Å². The third kappa shape index (κ3) is 2.72. The van der Waals surface area contributed by atoms with E-state index in [2.05, 4.69) is 15.1 Å². The third-order valence-corrected chi connectivity index (χ3v) is 5.37. The number of furan rings is 1. The first-order chi connectivity index (χ1) is 12.6. The molecule has 2 aromatic rings. The number of hydrogen-bond donors (Lipinski definition) is 1. The Morgan fingerprint density at radius 3 is 2.62 bits per heavy atom. The van der Waals surface area contributed by atoms with E-state index in [0.29, 0.717) is 44.9 Å². The molecule has 2 aliphatic heterocycles. The summed E-state index contributed by atoms with van der Waals surface area (Å²) >= 11 is 0. The molecular formula is C18H20N4O4. The fourth-order valence-corrected chi connectivity index (χ4v) is 3.93. The van der Waals surface area contributed by atoms with Gasteiger partial charge in [0.2, 0.25) is 5.91 Å². The second kappa shape index (κ2) is 6.45. The zero-order valence-electron chi connectivity index (χ0n) is 14.3. The summed E-state index contributed by atoms with van der Waals surface area (Å²) in [5, 5.41) is 14.0. The van der Waals surface area contributed by atoms with Crippen LogP contribution >= 0.6 is 0 Å². The molecule has 136 valence electrons. The SMILES string of the molecule is O=C1NCN(c2ccccc2)C12CCN(Cc1occc1[N+](=O)[O-])CC2. The van der Waals surface area contributed by atoms with E-state index in [4.69, 9.17) is 4.42 Å². The molecule has 0 radical (unpaired) electrons. The van der Waals surface area contributed by atoms with Crippen molar-refractivity contribution in [3.8, 4) is 0 Å². The lowest BCUT2D eigenvalue weighted by atomic mass is 9.85. The average Bonchev–Trinajstić information content (AvgIpc) is 3.23. The second-order valence-electron chi connectivity index (χ2n) is 6.72. The number of likely N-dealkylation sites (tertiary alicyclic amines) is 1. The molecule has 0 unspecified atom stereocenters. The van der Waals surface area contributed by atoms with Gasteiger partial charge >= 0.3 is 5.69 Å². The maximum Gasteiger partial charge on any atom is 0.311 e. The number of carbonyl (C=O) groups is 1. The highest BCUT2D eigenvalue weighted by atomic mass is 16.6. The fourth-order valence-electron chi connectivity index (χ4n) is 3.93. The molecule has 2 aliphatic rings. The van der Waals surface area contributed by atoms with E-state index in [1.165, 1.54) is 12.3 Å². The van der Waals surface area contributed by atoms with Crippen LogP contribution in [0.5, 0.6) is 0 Å². The van der Waals surface area contributed by atoms with Crippen molar-refractivity contribution in [2.24, 2.45) is 0 Å². The molecule has 0 saturated carbocycles. The molecular weight excluding hydrogens is 336 g/mol. The van der Waals surface area contributed by atoms with Crippen molar-refractivity contribution in [1.82, 2.24) is 10.2 Å². The summed E-state index contributed by atoms with van der Waals surface area (Å²) in [6.45, 7) is 2.24. The Hall–Kier alpha value is -2.87. The topological polar surface area (TPSA) is 91.9 Å². The molecule has 0 bridgehead atoms. The van der Waals surface area contributed by atoms with Gasteiger partial charge in [0.1, 0.15) is 5.54 Å². The largest absolute Gasteiger partial charge is 0.461 e. The molecule has 4 rings (SSSR count). The van der Waals surface area contributed by atoms with Gasteiger partial charge in [-0.15, -0.1) is 0 Å². The number of para-hydroxylation sites is 1. The lowest BCUT2D eigenvalue weighted by molar-refractivity contribution is -0.386. The van der Waals surface area contributed by atoms with Crippen LogP contribution in [0.25, 0.3) is 0 Å². The van der Waals surface area contributed by atoms with Gasteiger partial charge in [-0.1, -0.05) is 18.2 Å². The highest BCUT2D eigenvalue weighted by Gasteiger charge is 2.50. The van der Waals surface area contributed by atoms with Crippen LogP contribution in [0.2, 0.25) is 0 Å². The molecule has 1 aromatic carbocycles. The first-order valence-electron chi connectivity index (χ1n) is 8.64. The van der Waals surface area contributed by atoms with Crippen LogP contribution in [-0.4, -0.2) is 41.0 Å². The van der Waals surface area contributed by atoms with Crippen molar-refractivity contribution < 1.29 is 14.1 Å². The Morgan fingerprint density at radius 2 is 1.92 bits per heavy atom. The molecule has 0 atom stereocenters. The van der Waals surface area contributed by atoms with Gasteiger partial charge in [-0.25, -0.2) is 0 Å². The van der Waals surface area contributed by atoms with E-state index >= 15 is 0 Å². The standard InChI is InChI=1S/C18H20N4O4/c23-17-18(21(13-19-17)14-4-2-1-3-5-14)7-9-20(10-8-18)12-16-15(22(24)25)6-11-26-16/h1-6,11H,7-10,12-13H2,(H,19,23). The minimum atomic E-state index is -0.549. The van der Waals surface area contributed by atoms with Gasteiger partial charge in [0, 0.05) is 18.8 Å². The van der Waals surface area contributed by atoms with Gasteiger partial charge in [0.25, 0.3) is 0 Å². The Morgan fingerprint density at radius 1 is 1.19 bits per heavy atom. The molecule has 1 aromatic heterocycles. The Bertz CT molecular complexity index is 812. The number of piperidine rings is 1. The van der Waals surface area contributed by atoms with Gasteiger partial charge in [-0.3, -0.25) is 19.8 Å². The average molecular weight is 356 g/mol. The van der Waals surface area contributed by atoms with E-state index in [0.717, 1.165) is 5.69 Å². The quantitative estimate of drug-likeness (QED) is 0.666. The molecule has 3 heterocycles. The molecule has 2 saturated heterocycles. The van der Waals surface area contributed by atoms with E-state index < -0.39 is 10.5 Å². The summed E-state index contributed by atoms with van der Waals surface area (Å²) in [6.07, 6.45) is 2.69. The van der Waals surface area contributed by atoms with E-state index in [9.17, 15) is 14.9 Å². The number of amides is 1. The molecule has 1 spiro atoms. The highest BCUT2D eigenvalue weighted by molar-refractivity contribution is 5.93. The van der Waals surface area contributed by atoms with Crippen LogP contribution in [0.4, 0.5) is 11.4 Å². The Balaban J connectivity index is 1.48. The molecule has 2 fully saturated rings. The normalized spacial score (nSPS) is 19.7. The summed E-state index contributed by atoms with van der Waals surface area (Å²) in [4.78, 5) is 27.5. The van der Waals surface area contributed by atoms with E-state index in [1.54, 1.807) is 0 Å². The van der Waals surface area contributed by atoms with Crippen LogP contribution < -0.4 is 10.2 Å². The molecule has 8 heteroatoms. The Kier molecular flexibility index (Phi) is 4.12. The zero-order chi connectivity index (χ0) is 18.1. The summed E-state index contributed by atoms with van der Waals surface area (Å²) < 4.78 is 5.28. The molecule has 0 aliphatic carbocycles. The number of nitrogens with one attached hydrogen (secondary N) is 1. The van der Waals surface area contributed by atoms with Crippen molar-refractivity contribution >= 4 is 17.3 Å². The molecule has 26 heavy (non-hydrogen) atoms. The van der Waals surface area contributed by atoms with Crippen molar-refractivity contribution in [1.29, 1.82) is 0 Å². The summed E-state index contributed by atoms with van der Waals surface area (Å²) in [6, 6.07) is 11.3. The molecule has 1 N–H and O–H groups in total. The van der Waals surface area contributed by atoms with Crippen LogP contribution in [0.15, 0.2) is 47.1 Å². The minimum absolute atomic E-state index is 0.00908. The summed E-state index contributed by atoms with van der Waals surface area (Å²) in [5.41, 5.74) is 0.489. The smallest absolute Gasteiger partial charge is 0.311 e. The van der Waals surface area contributed by atoms with Gasteiger partial charge in [0.15, 0.2) is 5.76 Å². The maximum atomic E-state index is 12.6. The summed E-state index contributed by atoms with van der Waals surface area (Å²) in [7, 11) is 0. The predicted octanol–water partition coefficient (Wildman–Crippen LogP) is 2.12. The minimum Gasteiger partial charge on any atom is -0.461 e. The third-order valence-electron chi connectivity index (χ3n) is 5.37. The maximum absolute atomic E-state index is 12.6. The molecule has 8 nitrogen and oxygen atoms in total. The zero-order valence-corrected chi connectivity index (χ0v) is 14.3. The van der Waals surface area contributed by atoms with E-state index in [1.807, 2.05) is 30.3 Å². The van der Waals surface area contributed by atoms with Gasteiger partial charge in [-0.05, 0) is 25.0 Å². The first kappa shape index (κ1) is 16.6. The monoisotopic (exact) mass is 356 g/mol. The van der Waals surface area contributed by atoms with E-state index in [-0.39, 0.29) is 11.6 Å². The van der Waals surface area contributed by atoms with Gasteiger partial charge in [0.05, 0.1) is 30.5 Å². The van der Waals surface area contributed by atoms with Gasteiger partial charge in [-0.2, -0.15) is 0 Å². The number of benzene rings is 1. The number of rotatable bonds is 4.